The minimum Gasteiger partial charge on any atom is -0.423 e. The van der Waals surface area contributed by atoms with Gasteiger partial charge in [0.15, 0.2) is 0 Å². The number of hydrogen-bond donors (Lipinski definition) is 6. The maximum absolute atomic E-state index is 9.91. The smallest absolute Gasteiger partial charge is 0.423 e. The third-order valence-electron chi connectivity index (χ3n) is 4.45. The quantitative estimate of drug-likeness (QED) is 0.257. The van der Waals surface area contributed by atoms with Crippen LogP contribution in [0.25, 0.3) is 0 Å². The molecule has 6 nitrogen and oxygen atoms in total. The molecule has 0 spiro atoms. The lowest BCUT2D eigenvalue weighted by molar-refractivity contribution is 0.174. The lowest BCUT2D eigenvalue weighted by Gasteiger charge is -2.34. The topological polar surface area (TPSA) is 121 Å². The lowest BCUT2D eigenvalue weighted by Crippen LogP contribution is -2.44. The van der Waals surface area contributed by atoms with Gasteiger partial charge in [0, 0.05) is 5.92 Å². The van der Waals surface area contributed by atoms with Gasteiger partial charge in [0.1, 0.15) is 0 Å². The van der Waals surface area contributed by atoms with Crippen molar-refractivity contribution in [3.05, 3.63) is 35.4 Å². The Hall–Kier alpha value is -1.15. The first-order chi connectivity index (χ1) is 11.2. The van der Waals surface area contributed by atoms with Crippen molar-refractivity contribution in [3.8, 4) is 0 Å². The highest BCUT2D eigenvalue weighted by molar-refractivity contribution is 6.63. The van der Waals surface area contributed by atoms with Crippen molar-refractivity contribution in [2.24, 2.45) is 5.41 Å². The number of rotatable bonds is 8. The van der Waals surface area contributed by atoms with Crippen molar-refractivity contribution < 1.29 is 30.3 Å². The number of benzene rings is 1. The second kappa shape index (κ2) is 8.80. The zero-order chi connectivity index (χ0) is 18.5. The van der Waals surface area contributed by atoms with Crippen LogP contribution in [-0.4, -0.2) is 51.2 Å². The van der Waals surface area contributed by atoms with Gasteiger partial charge < -0.3 is 30.3 Å². The van der Waals surface area contributed by atoms with E-state index in [4.69, 9.17) is 0 Å². The first-order valence-corrected chi connectivity index (χ1v) is 7.91. The van der Waals surface area contributed by atoms with Crippen LogP contribution in [0.4, 0.5) is 0 Å². The molecule has 0 aliphatic heterocycles. The number of aliphatic hydroxyl groups is 2. The highest BCUT2D eigenvalue weighted by Crippen LogP contribution is 2.38. The van der Waals surface area contributed by atoms with E-state index in [1.807, 2.05) is 32.9 Å². The Bertz CT molecular complexity index is 572. The standard InChI is InChI=1S/C16H26B2O6/c1-4-5-6-16(2,3)13(10-20)12-7-11(9-19)14(17(21)22)8-15(12)18(23)24/h4-5,7-8,13,19-24H,6,9-10H2,1-3H3/b5-4-. The van der Waals surface area contributed by atoms with Crippen molar-refractivity contribution in [2.45, 2.75) is 39.7 Å². The van der Waals surface area contributed by atoms with Crippen LogP contribution in [0.5, 0.6) is 0 Å². The van der Waals surface area contributed by atoms with E-state index < -0.39 is 32.2 Å². The molecule has 132 valence electrons. The van der Waals surface area contributed by atoms with E-state index in [1.165, 1.54) is 12.1 Å². The average Bonchev–Trinajstić information content (AvgIpc) is 2.52. The third-order valence-corrected chi connectivity index (χ3v) is 4.45. The van der Waals surface area contributed by atoms with E-state index in [0.29, 0.717) is 12.0 Å². The fourth-order valence-corrected chi connectivity index (χ4v) is 2.93. The van der Waals surface area contributed by atoms with Gasteiger partial charge >= 0.3 is 14.2 Å². The largest absolute Gasteiger partial charge is 0.488 e. The predicted octanol–water partition coefficient (Wildman–Crippen LogP) is -1.39. The van der Waals surface area contributed by atoms with Gasteiger partial charge in [-0.3, -0.25) is 0 Å². The van der Waals surface area contributed by atoms with Crippen molar-refractivity contribution >= 4 is 25.2 Å². The van der Waals surface area contributed by atoms with Crippen LogP contribution in [0.3, 0.4) is 0 Å². The fraction of sp³-hybridized carbons (Fsp3) is 0.500. The molecule has 24 heavy (non-hydrogen) atoms. The van der Waals surface area contributed by atoms with Crippen LogP contribution in [0.15, 0.2) is 24.3 Å². The summed E-state index contributed by atoms with van der Waals surface area (Å²) in [6.45, 7) is 5.14. The zero-order valence-electron chi connectivity index (χ0n) is 14.3. The van der Waals surface area contributed by atoms with E-state index in [1.54, 1.807) is 0 Å². The SMILES string of the molecule is C/C=C\CC(C)(C)C(CO)c1cc(CO)c(B(O)O)cc1B(O)O. The number of aliphatic hydroxyl groups excluding tert-OH is 2. The van der Waals surface area contributed by atoms with Crippen LogP contribution in [0.2, 0.25) is 0 Å². The molecular formula is C16H26B2O6. The van der Waals surface area contributed by atoms with Crippen molar-refractivity contribution in [2.75, 3.05) is 6.61 Å². The normalized spacial score (nSPS) is 13.4. The maximum atomic E-state index is 9.91. The van der Waals surface area contributed by atoms with Crippen molar-refractivity contribution in [3.63, 3.8) is 0 Å². The Labute approximate surface area is 143 Å². The van der Waals surface area contributed by atoms with Gasteiger partial charge in [-0.15, -0.1) is 0 Å². The molecule has 1 aromatic carbocycles. The monoisotopic (exact) mass is 336 g/mol. The lowest BCUT2D eigenvalue weighted by atomic mass is 9.63. The summed E-state index contributed by atoms with van der Waals surface area (Å²) in [5, 5.41) is 57.7. The second-order valence-electron chi connectivity index (χ2n) is 6.58. The van der Waals surface area contributed by atoms with Gasteiger partial charge in [0.2, 0.25) is 0 Å². The summed E-state index contributed by atoms with van der Waals surface area (Å²) in [7, 11) is -3.68. The van der Waals surface area contributed by atoms with Crippen LogP contribution in [0, 0.1) is 5.41 Å². The summed E-state index contributed by atoms with van der Waals surface area (Å²) in [4.78, 5) is 0. The Balaban J connectivity index is 3.53. The highest BCUT2D eigenvalue weighted by Gasteiger charge is 2.34. The number of hydrogen-bond acceptors (Lipinski definition) is 6. The molecule has 0 aliphatic carbocycles. The molecule has 0 fully saturated rings. The van der Waals surface area contributed by atoms with E-state index >= 15 is 0 Å². The predicted molar refractivity (Wildman–Crippen MR) is 95.1 cm³/mol. The third kappa shape index (κ3) is 4.69. The van der Waals surface area contributed by atoms with Crippen LogP contribution in [0.1, 0.15) is 44.2 Å². The first-order valence-electron chi connectivity index (χ1n) is 7.91. The van der Waals surface area contributed by atoms with Gasteiger partial charge in [-0.25, -0.2) is 0 Å². The maximum Gasteiger partial charge on any atom is 0.488 e. The minimum absolute atomic E-state index is 0.00676. The summed E-state index contributed by atoms with van der Waals surface area (Å²) >= 11 is 0. The summed E-state index contributed by atoms with van der Waals surface area (Å²) < 4.78 is 0. The average molecular weight is 336 g/mol. The van der Waals surface area contributed by atoms with Crippen molar-refractivity contribution in [1.82, 2.24) is 0 Å². The summed E-state index contributed by atoms with van der Waals surface area (Å²) in [6, 6.07) is 2.76. The number of allylic oxidation sites excluding steroid dienone is 2. The minimum atomic E-state index is -1.85. The van der Waals surface area contributed by atoms with Gasteiger partial charge in [0.25, 0.3) is 0 Å². The van der Waals surface area contributed by atoms with Crippen molar-refractivity contribution in [1.29, 1.82) is 0 Å². The summed E-state index contributed by atoms with van der Waals surface area (Å²) in [6.07, 6.45) is 4.54. The molecule has 1 atom stereocenters. The van der Waals surface area contributed by atoms with Crippen LogP contribution < -0.4 is 10.9 Å². The van der Waals surface area contributed by atoms with E-state index in [-0.39, 0.29) is 23.1 Å². The van der Waals surface area contributed by atoms with Gasteiger partial charge in [-0.05, 0) is 40.8 Å². The molecule has 1 rings (SSSR count). The first kappa shape index (κ1) is 20.9. The molecule has 0 saturated heterocycles. The van der Waals surface area contributed by atoms with Crippen LogP contribution >= 0.6 is 0 Å². The molecule has 6 N–H and O–H groups in total. The molecular weight excluding hydrogens is 310 g/mol. The molecule has 0 aliphatic rings. The molecule has 8 heteroatoms. The van der Waals surface area contributed by atoms with E-state index in [9.17, 15) is 30.3 Å². The Morgan fingerprint density at radius 2 is 1.62 bits per heavy atom. The summed E-state index contributed by atoms with van der Waals surface area (Å²) in [5.74, 6) is -0.430. The molecule has 0 bridgehead atoms. The van der Waals surface area contributed by atoms with Gasteiger partial charge in [0.05, 0.1) is 13.2 Å². The van der Waals surface area contributed by atoms with Crippen LogP contribution in [-0.2, 0) is 6.61 Å². The molecule has 0 radical (unpaired) electrons. The Kier molecular flexibility index (Phi) is 7.66. The van der Waals surface area contributed by atoms with Gasteiger partial charge in [-0.1, -0.05) is 38.1 Å². The van der Waals surface area contributed by atoms with Gasteiger partial charge in [-0.2, -0.15) is 0 Å². The molecule has 0 heterocycles. The zero-order valence-corrected chi connectivity index (χ0v) is 14.3. The molecule has 1 unspecified atom stereocenters. The Morgan fingerprint density at radius 1 is 1.04 bits per heavy atom. The van der Waals surface area contributed by atoms with E-state index in [2.05, 4.69) is 0 Å². The fourth-order valence-electron chi connectivity index (χ4n) is 2.93. The summed E-state index contributed by atoms with van der Waals surface area (Å²) in [5.41, 5.74) is 0.437. The molecule has 0 aromatic heterocycles. The van der Waals surface area contributed by atoms with E-state index in [0.717, 1.165) is 0 Å². The molecule has 1 aromatic rings. The second-order valence-corrected chi connectivity index (χ2v) is 6.58. The molecule has 0 saturated carbocycles. The highest BCUT2D eigenvalue weighted by atomic mass is 16.4. The molecule has 0 amide bonds. The Morgan fingerprint density at radius 3 is 2.04 bits per heavy atom.